The lowest BCUT2D eigenvalue weighted by Crippen LogP contribution is -2.47. The molecule has 3 aliphatic rings. The van der Waals surface area contributed by atoms with Crippen LogP contribution in [-0.2, 0) is 0 Å². The molecule has 3 fully saturated rings. The van der Waals surface area contributed by atoms with Crippen LogP contribution in [0.3, 0.4) is 0 Å². The lowest BCUT2D eigenvalue weighted by molar-refractivity contribution is 0.0574. The highest BCUT2D eigenvalue weighted by molar-refractivity contribution is 5.97. The van der Waals surface area contributed by atoms with Crippen molar-refractivity contribution in [3.05, 3.63) is 48.0 Å². The highest BCUT2D eigenvalue weighted by Crippen LogP contribution is 2.30. The van der Waals surface area contributed by atoms with E-state index >= 15 is 0 Å². The molecule has 2 bridgehead atoms. The zero-order valence-electron chi connectivity index (χ0n) is 15.2. The molecule has 142 valence electrons. The monoisotopic (exact) mass is 377 g/mol. The zero-order chi connectivity index (χ0) is 19.1. The Morgan fingerprint density at radius 1 is 1.00 bits per heavy atom. The van der Waals surface area contributed by atoms with Gasteiger partial charge < -0.3 is 9.80 Å². The normalized spacial score (nSPS) is 21.7. The van der Waals surface area contributed by atoms with E-state index in [-0.39, 0.29) is 23.8 Å². The first-order valence-electron chi connectivity index (χ1n) is 9.36. The molecule has 2 aromatic heterocycles. The van der Waals surface area contributed by atoms with Gasteiger partial charge in [-0.2, -0.15) is 15.4 Å². The zero-order valence-corrected chi connectivity index (χ0v) is 15.2. The summed E-state index contributed by atoms with van der Waals surface area (Å²) in [6.07, 6.45) is 6.48. The molecular weight excluding hydrogens is 358 g/mol. The van der Waals surface area contributed by atoms with Crippen LogP contribution in [0, 0.1) is 5.92 Å². The minimum absolute atomic E-state index is 0.000114. The molecule has 28 heavy (non-hydrogen) atoms. The van der Waals surface area contributed by atoms with Crippen molar-refractivity contribution in [2.24, 2.45) is 5.92 Å². The molecule has 0 radical (unpaired) electrons. The summed E-state index contributed by atoms with van der Waals surface area (Å²) in [7, 11) is 0. The van der Waals surface area contributed by atoms with Crippen LogP contribution in [0.5, 0.6) is 0 Å². The molecule has 0 spiro atoms. The van der Waals surface area contributed by atoms with Crippen molar-refractivity contribution in [1.29, 1.82) is 0 Å². The standard InChI is InChI=1S/C19H19N7O2/c27-18(13-2-4-15-16(7-13)23-24-22-15)26-10-12-1-3-14(26)11-25(9-12)19(28)17-8-20-5-6-21-17/h2,4-8,12,14H,1,3,9-11H2,(H,22,23,24)/t12-,14+/m1/s1. The fourth-order valence-electron chi connectivity index (χ4n) is 4.21. The average Bonchev–Trinajstić information content (AvgIpc) is 3.02. The largest absolute Gasteiger partial charge is 0.335 e. The van der Waals surface area contributed by atoms with E-state index in [0.717, 1.165) is 18.4 Å². The smallest absolute Gasteiger partial charge is 0.274 e. The maximum Gasteiger partial charge on any atom is 0.274 e. The van der Waals surface area contributed by atoms with E-state index in [4.69, 9.17) is 0 Å². The summed E-state index contributed by atoms with van der Waals surface area (Å²) in [6, 6.07) is 5.35. The third-order valence-corrected chi connectivity index (χ3v) is 5.61. The summed E-state index contributed by atoms with van der Waals surface area (Å²) in [5.74, 6) is 0.121. The Hall–Kier alpha value is -3.36. The van der Waals surface area contributed by atoms with E-state index in [1.54, 1.807) is 24.4 Å². The Kier molecular flexibility index (Phi) is 4.00. The molecule has 6 rings (SSSR count). The van der Waals surface area contributed by atoms with Gasteiger partial charge in [-0.25, -0.2) is 4.98 Å². The number of nitrogens with zero attached hydrogens (tertiary/aromatic N) is 6. The Bertz CT molecular complexity index is 1030. The van der Waals surface area contributed by atoms with Crippen molar-refractivity contribution in [3.63, 3.8) is 0 Å². The highest BCUT2D eigenvalue weighted by atomic mass is 16.2. The molecule has 3 aromatic rings. The lowest BCUT2D eigenvalue weighted by Gasteiger charge is -2.36. The topological polar surface area (TPSA) is 108 Å². The van der Waals surface area contributed by atoms with Gasteiger partial charge in [0.15, 0.2) is 0 Å². The van der Waals surface area contributed by atoms with Gasteiger partial charge in [0.2, 0.25) is 0 Å². The van der Waals surface area contributed by atoms with E-state index in [2.05, 4.69) is 25.4 Å². The molecule has 3 aliphatic heterocycles. The molecule has 9 heteroatoms. The quantitative estimate of drug-likeness (QED) is 0.717. The molecule has 3 saturated heterocycles. The second kappa shape index (κ2) is 6.66. The van der Waals surface area contributed by atoms with E-state index in [9.17, 15) is 9.59 Å². The number of H-pyrrole nitrogens is 1. The molecule has 1 aromatic carbocycles. The number of piperidine rings is 1. The summed E-state index contributed by atoms with van der Waals surface area (Å²) in [4.78, 5) is 37.9. The van der Waals surface area contributed by atoms with Gasteiger partial charge in [-0.05, 0) is 37.0 Å². The molecule has 2 amide bonds. The number of amides is 2. The molecular formula is C19H19N7O2. The van der Waals surface area contributed by atoms with Crippen LogP contribution in [-0.4, -0.2) is 72.7 Å². The number of hydrogen-bond acceptors (Lipinski definition) is 6. The number of aromatic amines is 1. The fourth-order valence-corrected chi connectivity index (χ4v) is 4.21. The van der Waals surface area contributed by atoms with Crippen molar-refractivity contribution >= 4 is 22.8 Å². The second-order valence-corrected chi connectivity index (χ2v) is 7.38. The second-order valence-electron chi connectivity index (χ2n) is 7.38. The Morgan fingerprint density at radius 3 is 2.75 bits per heavy atom. The van der Waals surface area contributed by atoms with Crippen molar-refractivity contribution in [2.75, 3.05) is 19.6 Å². The van der Waals surface area contributed by atoms with Gasteiger partial charge in [0.1, 0.15) is 16.7 Å². The van der Waals surface area contributed by atoms with Gasteiger partial charge in [-0.3, -0.25) is 14.6 Å². The number of carbonyl (C=O) groups is 2. The van der Waals surface area contributed by atoms with Gasteiger partial charge in [0.25, 0.3) is 11.8 Å². The van der Waals surface area contributed by atoms with Gasteiger partial charge in [-0.1, -0.05) is 0 Å². The van der Waals surface area contributed by atoms with Crippen LogP contribution in [0.15, 0.2) is 36.8 Å². The third kappa shape index (κ3) is 2.88. The van der Waals surface area contributed by atoms with Crippen LogP contribution in [0.4, 0.5) is 0 Å². The predicted molar refractivity (Wildman–Crippen MR) is 99.4 cm³/mol. The number of rotatable bonds is 2. The maximum atomic E-state index is 13.2. The molecule has 0 unspecified atom stereocenters. The molecule has 9 nitrogen and oxygen atoms in total. The van der Waals surface area contributed by atoms with E-state index in [1.807, 2.05) is 9.80 Å². The Morgan fingerprint density at radius 2 is 1.89 bits per heavy atom. The summed E-state index contributed by atoms with van der Waals surface area (Å²) in [5.41, 5.74) is 2.35. The summed E-state index contributed by atoms with van der Waals surface area (Å²) in [6.45, 7) is 1.81. The number of aromatic nitrogens is 5. The molecule has 0 aliphatic carbocycles. The van der Waals surface area contributed by atoms with Crippen LogP contribution in [0.2, 0.25) is 0 Å². The van der Waals surface area contributed by atoms with Crippen molar-refractivity contribution in [2.45, 2.75) is 18.9 Å². The number of carbonyl (C=O) groups excluding carboxylic acids is 2. The summed E-state index contributed by atoms with van der Waals surface area (Å²) >= 11 is 0. The lowest BCUT2D eigenvalue weighted by atomic mass is 9.94. The number of benzene rings is 1. The summed E-state index contributed by atoms with van der Waals surface area (Å²) < 4.78 is 0. The van der Waals surface area contributed by atoms with Crippen molar-refractivity contribution in [3.8, 4) is 0 Å². The summed E-state index contributed by atoms with van der Waals surface area (Å²) in [5, 5.41) is 10.7. The van der Waals surface area contributed by atoms with Crippen molar-refractivity contribution in [1.82, 2.24) is 35.2 Å². The van der Waals surface area contributed by atoms with Gasteiger partial charge >= 0.3 is 0 Å². The maximum absolute atomic E-state index is 13.2. The van der Waals surface area contributed by atoms with Crippen LogP contribution in [0.25, 0.3) is 11.0 Å². The minimum atomic E-state index is -0.122. The Labute approximate surface area is 160 Å². The highest BCUT2D eigenvalue weighted by Gasteiger charge is 2.39. The van der Waals surface area contributed by atoms with E-state index in [1.165, 1.54) is 12.4 Å². The molecule has 5 heterocycles. The number of nitrogens with one attached hydrogen (secondary N) is 1. The average molecular weight is 377 g/mol. The van der Waals surface area contributed by atoms with Crippen molar-refractivity contribution < 1.29 is 9.59 Å². The third-order valence-electron chi connectivity index (χ3n) is 5.61. The SMILES string of the molecule is O=C(c1cnccn1)N1C[C@H]2CC[C@@H](C1)N(C(=O)c1ccc3n[nH]nc3c1)C2. The molecule has 2 atom stereocenters. The van der Waals surface area contributed by atoms with Gasteiger partial charge in [0, 0.05) is 43.6 Å². The van der Waals surface area contributed by atoms with E-state index in [0.29, 0.717) is 36.4 Å². The number of fused-ring (bicyclic) bond motifs is 5. The minimum Gasteiger partial charge on any atom is -0.335 e. The molecule has 1 N–H and O–H groups in total. The first kappa shape index (κ1) is 16.8. The van der Waals surface area contributed by atoms with E-state index < -0.39 is 0 Å². The first-order valence-corrected chi connectivity index (χ1v) is 9.36. The van der Waals surface area contributed by atoms with Gasteiger partial charge in [-0.15, -0.1) is 0 Å². The molecule has 0 saturated carbocycles. The number of hydrogen-bond donors (Lipinski definition) is 1. The predicted octanol–water partition coefficient (Wildman–Crippen LogP) is 1.12. The fraction of sp³-hybridized carbons (Fsp3) is 0.368. The van der Waals surface area contributed by atoms with Crippen LogP contribution >= 0.6 is 0 Å². The van der Waals surface area contributed by atoms with Gasteiger partial charge in [0.05, 0.1) is 6.20 Å². The first-order chi connectivity index (χ1) is 13.7. The Balaban J connectivity index is 1.39. The van der Waals surface area contributed by atoms with Crippen LogP contribution < -0.4 is 0 Å². The van der Waals surface area contributed by atoms with Crippen LogP contribution in [0.1, 0.15) is 33.7 Å².